The summed E-state index contributed by atoms with van der Waals surface area (Å²) in [6.07, 6.45) is 0. The third kappa shape index (κ3) is 4.93. The Morgan fingerprint density at radius 1 is 1.05 bits per heavy atom. The average Bonchev–Trinajstić information content (AvgIpc) is 2.46. The molecule has 0 bridgehead atoms. The lowest BCUT2D eigenvalue weighted by atomic mass is 10.1. The molecule has 2 aromatic carbocycles. The fourth-order valence-electron chi connectivity index (χ4n) is 1.92. The van der Waals surface area contributed by atoms with Gasteiger partial charge < -0.3 is 5.11 Å². The van der Waals surface area contributed by atoms with Crippen LogP contribution in [-0.4, -0.2) is 13.5 Å². The van der Waals surface area contributed by atoms with Gasteiger partial charge in [-0.1, -0.05) is 58.4 Å². The molecule has 0 saturated carbocycles. The first-order valence-corrected chi connectivity index (χ1v) is 8.84. The van der Waals surface area contributed by atoms with Gasteiger partial charge in [0.1, 0.15) is 0 Å². The van der Waals surface area contributed by atoms with Crippen LogP contribution in [0, 0.1) is 0 Å². The smallest absolute Gasteiger partial charge is 0.216 e. The first-order valence-electron chi connectivity index (χ1n) is 6.39. The molecule has 4 nitrogen and oxygen atoms in total. The average molecular weight is 370 g/mol. The van der Waals surface area contributed by atoms with E-state index in [2.05, 4.69) is 20.7 Å². The van der Waals surface area contributed by atoms with Crippen LogP contribution >= 0.6 is 15.9 Å². The van der Waals surface area contributed by atoms with Crippen molar-refractivity contribution in [2.45, 2.75) is 18.9 Å². The summed E-state index contributed by atoms with van der Waals surface area (Å²) >= 11 is 3.39. The van der Waals surface area contributed by atoms with Crippen LogP contribution in [0.1, 0.15) is 16.7 Å². The van der Waals surface area contributed by atoms with Gasteiger partial charge in [0.15, 0.2) is 0 Å². The Morgan fingerprint density at radius 2 is 1.76 bits per heavy atom. The first-order chi connectivity index (χ1) is 10.00. The fraction of sp³-hybridized carbons (Fsp3) is 0.200. The van der Waals surface area contributed by atoms with Crippen molar-refractivity contribution >= 4 is 26.0 Å². The van der Waals surface area contributed by atoms with Gasteiger partial charge in [-0.15, -0.1) is 0 Å². The van der Waals surface area contributed by atoms with Gasteiger partial charge in [-0.3, -0.25) is 0 Å². The number of benzene rings is 2. The van der Waals surface area contributed by atoms with Crippen LogP contribution in [0.25, 0.3) is 0 Å². The van der Waals surface area contributed by atoms with Crippen LogP contribution in [0.3, 0.4) is 0 Å². The molecule has 0 saturated heterocycles. The molecule has 0 aliphatic carbocycles. The highest BCUT2D eigenvalue weighted by Crippen LogP contribution is 2.16. The highest BCUT2D eigenvalue weighted by atomic mass is 79.9. The Balaban J connectivity index is 2.03. The van der Waals surface area contributed by atoms with Gasteiger partial charge in [0.05, 0.1) is 12.4 Å². The molecule has 112 valence electrons. The Kier molecular flexibility index (Phi) is 5.52. The Bertz CT molecular complexity index is 716. The standard InChI is InChI=1S/C15H16BrNO3S/c16-15-7-2-1-6-14(15)9-17-21(19,20)11-13-5-3-4-12(8-13)10-18/h1-8,17-18H,9-11H2. The number of aliphatic hydroxyl groups excluding tert-OH is 1. The maximum Gasteiger partial charge on any atom is 0.216 e. The molecule has 0 aliphatic rings. The zero-order chi connectivity index (χ0) is 15.3. The van der Waals surface area contributed by atoms with E-state index in [1.165, 1.54) is 0 Å². The summed E-state index contributed by atoms with van der Waals surface area (Å²) in [6, 6.07) is 14.4. The second-order valence-corrected chi connectivity index (χ2v) is 7.31. The SMILES string of the molecule is O=S(=O)(Cc1cccc(CO)c1)NCc1ccccc1Br. The minimum atomic E-state index is -3.43. The van der Waals surface area contributed by atoms with E-state index in [4.69, 9.17) is 5.11 Å². The molecule has 2 N–H and O–H groups in total. The van der Waals surface area contributed by atoms with Crippen LogP contribution in [0.4, 0.5) is 0 Å². The summed E-state index contributed by atoms with van der Waals surface area (Å²) < 4.78 is 27.6. The zero-order valence-corrected chi connectivity index (χ0v) is 13.7. The van der Waals surface area contributed by atoms with Gasteiger partial charge in [-0.2, -0.15) is 0 Å². The van der Waals surface area contributed by atoms with Crippen molar-refractivity contribution < 1.29 is 13.5 Å². The van der Waals surface area contributed by atoms with Crippen molar-refractivity contribution in [2.75, 3.05) is 0 Å². The summed E-state index contributed by atoms with van der Waals surface area (Å²) in [5, 5.41) is 9.07. The lowest BCUT2D eigenvalue weighted by molar-refractivity contribution is 0.282. The van der Waals surface area contributed by atoms with Crippen LogP contribution in [0.2, 0.25) is 0 Å². The molecule has 2 aromatic rings. The van der Waals surface area contributed by atoms with E-state index in [9.17, 15) is 8.42 Å². The molecule has 0 aliphatic heterocycles. The maximum atomic E-state index is 12.1. The van der Waals surface area contributed by atoms with Gasteiger partial charge in [0, 0.05) is 11.0 Å². The Morgan fingerprint density at radius 3 is 2.48 bits per heavy atom. The lowest BCUT2D eigenvalue weighted by Crippen LogP contribution is -2.24. The summed E-state index contributed by atoms with van der Waals surface area (Å²) in [7, 11) is -3.43. The van der Waals surface area contributed by atoms with Gasteiger partial charge in [0.25, 0.3) is 0 Å². The molecule has 6 heteroatoms. The molecular formula is C15H16BrNO3S. The normalized spacial score (nSPS) is 11.5. The zero-order valence-electron chi connectivity index (χ0n) is 11.3. The fourth-order valence-corrected chi connectivity index (χ4v) is 3.44. The van der Waals surface area contributed by atoms with Crippen molar-refractivity contribution in [3.63, 3.8) is 0 Å². The monoisotopic (exact) mass is 369 g/mol. The maximum absolute atomic E-state index is 12.1. The molecule has 0 radical (unpaired) electrons. The highest BCUT2D eigenvalue weighted by Gasteiger charge is 2.12. The molecule has 0 unspecified atom stereocenters. The number of hydrogen-bond donors (Lipinski definition) is 2. The van der Waals surface area contributed by atoms with Crippen LogP contribution in [0.5, 0.6) is 0 Å². The van der Waals surface area contributed by atoms with Gasteiger partial charge in [-0.25, -0.2) is 13.1 Å². The molecule has 0 atom stereocenters. The van der Waals surface area contributed by atoms with Crippen molar-refractivity contribution in [1.82, 2.24) is 4.72 Å². The number of nitrogens with one attached hydrogen (secondary N) is 1. The minimum Gasteiger partial charge on any atom is -0.392 e. The highest BCUT2D eigenvalue weighted by molar-refractivity contribution is 9.10. The second-order valence-electron chi connectivity index (χ2n) is 4.65. The van der Waals surface area contributed by atoms with Gasteiger partial charge in [0.2, 0.25) is 10.0 Å². The first kappa shape index (κ1) is 16.2. The minimum absolute atomic E-state index is 0.0989. The van der Waals surface area contributed by atoms with Crippen LogP contribution in [-0.2, 0) is 28.9 Å². The van der Waals surface area contributed by atoms with Crippen LogP contribution in [0.15, 0.2) is 53.0 Å². The molecule has 0 heterocycles. The van der Waals surface area contributed by atoms with Crippen LogP contribution < -0.4 is 4.72 Å². The number of aliphatic hydroxyl groups is 1. The van der Waals surface area contributed by atoms with Gasteiger partial charge in [-0.05, 0) is 22.8 Å². The Labute approximate surface area is 133 Å². The van der Waals surface area contributed by atoms with E-state index in [0.29, 0.717) is 11.1 Å². The van der Waals surface area contributed by atoms with Crippen molar-refractivity contribution in [3.8, 4) is 0 Å². The van der Waals surface area contributed by atoms with E-state index in [0.717, 1.165) is 10.0 Å². The third-order valence-electron chi connectivity index (χ3n) is 2.97. The molecule has 0 aromatic heterocycles. The number of rotatable bonds is 6. The molecule has 0 fully saturated rings. The third-order valence-corrected chi connectivity index (χ3v) is 5.04. The Hall–Kier alpha value is -1.21. The topological polar surface area (TPSA) is 66.4 Å². The summed E-state index contributed by atoms with van der Waals surface area (Å²) in [5.41, 5.74) is 2.24. The quantitative estimate of drug-likeness (QED) is 0.822. The summed E-state index contributed by atoms with van der Waals surface area (Å²) in [4.78, 5) is 0. The van der Waals surface area contributed by atoms with E-state index >= 15 is 0 Å². The molecule has 2 rings (SSSR count). The molecular weight excluding hydrogens is 354 g/mol. The van der Waals surface area contributed by atoms with E-state index in [-0.39, 0.29) is 18.9 Å². The second kappa shape index (κ2) is 7.17. The molecule has 0 amide bonds. The van der Waals surface area contributed by atoms with E-state index in [1.807, 2.05) is 24.3 Å². The van der Waals surface area contributed by atoms with E-state index < -0.39 is 10.0 Å². The predicted molar refractivity (Wildman–Crippen MR) is 86.0 cm³/mol. The largest absolute Gasteiger partial charge is 0.392 e. The number of sulfonamides is 1. The molecule has 21 heavy (non-hydrogen) atoms. The van der Waals surface area contributed by atoms with Crippen molar-refractivity contribution in [3.05, 3.63) is 69.7 Å². The summed E-state index contributed by atoms with van der Waals surface area (Å²) in [6.45, 7) is 0.141. The lowest BCUT2D eigenvalue weighted by Gasteiger charge is -2.09. The predicted octanol–water partition coefficient (Wildman–Crippen LogP) is 2.56. The number of hydrogen-bond acceptors (Lipinski definition) is 3. The van der Waals surface area contributed by atoms with Crippen molar-refractivity contribution in [1.29, 1.82) is 0 Å². The van der Waals surface area contributed by atoms with Gasteiger partial charge >= 0.3 is 0 Å². The molecule has 0 spiro atoms. The summed E-state index contributed by atoms with van der Waals surface area (Å²) in [5.74, 6) is -0.106. The van der Waals surface area contributed by atoms with E-state index in [1.54, 1.807) is 24.3 Å². The van der Waals surface area contributed by atoms with Crippen molar-refractivity contribution in [2.24, 2.45) is 0 Å². The number of halogens is 1.